The lowest BCUT2D eigenvalue weighted by atomic mass is 10.0. The smallest absolute Gasteiger partial charge is 0.354 e. The molecule has 0 saturated heterocycles. The van der Waals surface area contributed by atoms with E-state index in [1.807, 2.05) is 26.8 Å². The summed E-state index contributed by atoms with van der Waals surface area (Å²) in [4.78, 5) is 11.2. The van der Waals surface area contributed by atoms with Crippen LogP contribution < -0.4 is 0 Å². The fourth-order valence-electron chi connectivity index (χ4n) is 1.38. The number of carboxylic acid groups (broad SMARTS) is 1. The molecule has 1 aromatic rings. The van der Waals surface area contributed by atoms with Crippen molar-refractivity contribution in [2.24, 2.45) is 0 Å². The van der Waals surface area contributed by atoms with Gasteiger partial charge in [-0.3, -0.25) is 5.41 Å². The van der Waals surface area contributed by atoms with Crippen LogP contribution in [0, 0.1) is 19.3 Å². The lowest BCUT2D eigenvalue weighted by Crippen LogP contribution is -2.15. The van der Waals surface area contributed by atoms with Crippen molar-refractivity contribution in [1.82, 2.24) is 0 Å². The Hall–Kier alpha value is -1.29. The summed E-state index contributed by atoms with van der Waals surface area (Å²) < 4.78 is 0. The van der Waals surface area contributed by atoms with Crippen LogP contribution in [0.1, 0.15) is 30.5 Å². The minimum Gasteiger partial charge on any atom is -0.477 e. The van der Waals surface area contributed by atoms with Crippen molar-refractivity contribution in [3.05, 3.63) is 28.8 Å². The summed E-state index contributed by atoms with van der Waals surface area (Å²) in [6, 6.07) is 3.59. The molecule has 0 heterocycles. The van der Waals surface area contributed by atoms with Crippen LogP contribution in [0.2, 0.25) is 0 Å². The number of rotatable bonds is 2. The van der Waals surface area contributed by atoms with Crippen LogP contribution in [0.3, 0.4) is 0 Å². The first kappa shape index (κ1) is 14.7. The lowest BCUT2D eigenvalue weighted by Gasteiger charge is -2.08. The van der Waals surface area contributed by atoms with Crippen LogP contribution in [0.5, 0.6) is 0 Å². The molecule has 0 aliphatic carbocycles. The van der Waals surface area contributed by atoms with Crippen molar-refractivity contribution in [1.29, 1.82) is 5.41 Å². The molecule has 0 unspecified atom stereocenters. The van der Waals surface area contributed by atoms with Gasteiger partial charge in [-0.1, -0.05) is 19.9 Å². The van der Waals surface area contributed by atoms with Gasteiger partial charge in [0.2, 0.25) is 0 Å². The molecule has 16 heavy (non-hydrogen) atoms. The van der Waals surface area contributed by atoms with Gasteiger partial charge in [0.05, 0.1) is 0 Å². The molecule has 0 bridgehead atoms. The topological polar surface area (TPSA) is 61.2 Å². The molecule has 1 rings (SSSR count). The Bertz CT molecular complexity index is 390. The van der Waals surface area contributed by atoms with Crippen LogP contribution in [0.15, 0.2) is 17.0 Å². The van der Waals surface area contributed by atoms with Gasteiger partial charge in [0.1, 0.15) is 5.71 Å². The minimum atomic E-state index is -1.23. The molecular formula is C12H17NO2S. The maximum absolute atomic E-state index is 10.6. The highest BCUT2D eigenvalue weighted by molar-refractivity contribution is 7.80. The zero-order chi connectivity index (χ0) is 12.9. The van der Waals surface area contributed by atoms with Crippen molar-refractivity contribution in [2.45, 2.75) is 32.6 Å². The molecule has 0 aliphatic heterocycles. The summed E-state index contributed by atoms with van der Waals surface area (Å²) in [5.41, 5.74) is 1.76. The number of aliphatic carboxylic acids is 1. The van der Waals surface area contributed by atoms with Crippen molar-refractivity contribution in [2.75, 3.05) is 0 Å². The number of hydrogen-bond acceptors (Lipinski definition) is 3. The van der Waals surface area contributed by atoms with Gasteiger partial charge in [0, 0.05) is 10.5 Å². The van der Waals surface area contributed by atoms with E-state index in [4.69, 9.17) is 10.5 Å². The minimum absolute atomic E-state index is 0.395. The predicted octanol–water partition coefficient (Wildman–Crippen LogP) is 3.07. The van der Waals surface area contributed by atoms with Gasteiger partial charge < -0.3 is 5.11 Å². The molecule has 0 radical (unpaired) electrons. The first-order valence-electron chi connectivity index (χ1n) is 5.06. The number of nitrogens with one attached hydrogen (secondary N) is 1. The Kier molecular flexibility index (Phi) is 5.82. The third-order valence-electron chi connectivity index (χ3n) is 1.92. The van der Waals surface area contributed by atoms with Gasteiger partial charge in [-0.2, -0.15) is 0 Å². The van der Waals surface area contributed by atoms with E-state index in [2.05, 4.69) is 12.6 Å². The number of benzene rings is 1. The first-order chi connectivity index (χ1) is 7.43. The summed E-state index contributed by atoms with van der Waals surface area (Å²) in [7, 11) is 0. The maximum Gasteiger partial charge on any atom is 0.354 e. The van der Waals surface area contributed by atoms with Crippen LogP contribution in [0.25, 0.3) is 0 Å². The van der Waals surface area contributed by atoms with E-state index < -0.39 is 11.7 Å². The molecule has 0 amide bonds. The molecule has 0 atom stereocenters. The molecule has 0 spiro atoms. The van der Waals surface area contributed by atoms with Crippen molar-refractivity contribution in [3.63, 3.8) is 0 Å². The largest absolute Gasteiger partial charge is 0.477 e. The number of aryl methyl sites for hydroxylation is 2. The second kappa shape index (κ2) is 6.33. The summed E-state index contributed by atoms with van der Waals surface area (Å²) in [6.45, 7) is 7.68. The van der Waals surface area contributed by atoms with Gasteiger partial charge in [-0.15, -0.1) is 12.6 Å². The summed E-state index contributed by atoms with van der Waals surface area (Å²) in [5, 5.41) is 16.1. The van der Waals surface area contributed by atoms with Gasteiger partial charge in [0.25, 0.3) is 0 Å². The van der Waals surface area contributed by atoms with Crippen LogP contribution in [0.4, 0.5) is 0 Å². The molecule has 0 aromatic heterocycles. The van der Waals surface area contributed by atoms with Crippen molar-refractivity contribution in [3.8, 4) is 0 Å². The van der Waals surface area contributed by atoms with Gasteiger partial charge in [0.15, 0.2) is 0 Å². The zero-order valence-electron chi connectivity index (χ0n) is 9.96. The Morgan fingerprint density at radius 1 is 1.31 bits per heavy atom. The monoisotopic (exact) mass is 239 g/mol. The Balaban J connectivity index is 0.00000106. The van der Waals surface area contributed by atoms with Gasteiger partial charge in [-0.25, -0.2) is 4.79 Å². The highest BCUT2D eigenvalue weighted by Crippen LogP contribution is 2.20. The number of hydrogen-bond donors (Lipinski definition) is 3. The van der Waals surface area contributed by atoms with Crippen LogP contribution >= 0.6 is 12.6 Å². The van der Waals surface area contributed by atoms with Crippen molar-refractivity contribution >= 4 is 24.3 Å². The molecule has 0 saturated carbocycles. The highest BCUT2D eigenvalue weighted by atomic mass is 32.1. The first-order valence-corrected chi connectivity index (χ1v) is 5.50. The zero-order valence-corrected chi connectivity index (χ0v) is 10.9. The Morgan fingerprint density at radius 2 is 1.81 bits per heavy atom. The van der Waals surface area contributed by atoms with E-state index in [0.29, 0.717) is 10.5 Å². The van der Waals surface area contributed by atoms with Crippen LogP contribution in [-0.2, 0) is 4.79 Å². The summed E-state index contributed by atoms with van der Waals surface area (Å²) in [6.07, 6.45) is 0. The van der Waals surface area contributed by atoms with E-state index in [1.54, 1.807) is 13.0 Å². The van der Waals surface area contributed by atoms with Crippen molar-refractivity contribution < 1.29 is 9.90 Å². The van der Waals surface area contributed by atoms with E-state index in [-0.39, 0.29) is 0 Å². The second-order valence-electron chi connectivity index (χ2n) is 3.16. The molecule has 1 aromatic carbocycles. The normalized spacial score (nSPS) is 9.06. The van der Waals surface area contributed by atoms with E-state index in [9.17, 15) is 4.79 Å². The molecule has 2 N–H and O–H groups in total. The standard InChI is InChI=1S/C10H11NO2S.C2H6/c1-5-3-6(2)8(7(14)4-5)9(11)10(12)13;1-2/h3-4,11,14H,1-2H3,(H,12,13);1-2H3. The molecule has 88 valence electrons. The van der Waals surface area contributed by atoms with E-state index >= 15 is 0 Å². The third-order valence-corrected chi connectivity index (χ3v) is 2.28. The molecule has 0 fully saturated rings. The van der Waals surface area contributed by atoms with Gasteiger partial charge >= 0.3 is 5.97 Å². The second-order valence-corrected chi connectivity index (χ2v) is 3.64. The van der Waals surface area contributed by atoms with E-state index in [1.165, 1.54) is 0 Å². The number of thiol groups is 1. The Morgan fingerprint density at radius 3 is 2.19 bits per heavy atom. The quantitative estimate of drug-likeness (QED) is 0.548. The molecule has 0 aliphatic rings. The average Bonchev–Trinajstić information content (AvgIpc) is 2.18. The Labute approximate surface area is 101 Å². The predicted molar refractivity (Wildman–Crippen MR) is 69.0 cm³/mol. The SMILES string of the molecule is CC.Cc1cc(C)c(C(=N)C(=O)O)c(S)c1. The summed E-state index contributed by atoms with van der Waals surface area (Å²) >= 11 is 4.17. The van der Waals surface area contributed by atoms with E-state index in [0.717, 1.165) is 11.1 Å². The maximum atomic E-state index is 10.6. The third kappa shape index (κ3) is 3.38. The van der Waals surface area contributed by atoms with Gasteiger partial charge in [-0.05, 0) is 31.0 Å². The number of carboxylic acids is 1. The van der Waals surface area contributed by atoms with Crippen LogP contribution in [-0.4, -0.2) is 16.8 Å². The lowest BCUT2D eigenvalue weighted by molar-refractivity contribution is -0.129. The molecule has 3 nitrogen and oxygen atoms in total. The fourth-order valence-corrected chi connectivity index (χ4v) is 1.87. The fraction of sp³-hybridized carbons (Fsp3) is 0.333. The average molecular weight is 239 g/mol. The highest BCUT2D eigenvalue weighted by Gasteiger charge is 2.15. The number of carbonyl (C=O) groups is 1. The molecule has 4 heteroatoms. The summed E-state index contributed by atoms with van der Waals surface area (Å²) in [5.74, 6) is -1.23. The molecular weight excluding hydrogens is 222 g/mol.